The quantitative estimate of drug-likeness (QED) is 0.756. The fourth-order valence-corrected chi connectivity index (χ4v) is 3.42. The largest absolute Gasteiger partial charge is 0.353 e. The molecule has 0 amide bonds. The zero-order valence-electron chi connectivity index (χ0n) is 12.9. The first-order valence-corrected chi connectivity index (χ1v) is 8.16. The Hall–Kier alpha value is -0.760. The SMILES string of the molecule is CCCC(C)Cn1cc2c(c1)C(NCC)CCCC2. The predicted molar refractivity (Wildman–Crippen MR) is 82.5 cm³/mol. The van der Waals surface area contributed by atoms with Gasteiger partial charge in [-0.2, -0.15) is 0 Å². The highest BCUT2D eigenvalue weighted by molar-refractivity contribution is 5.29. The summed E-state index contributed by atoms with van der Waals surface area (Å²) >= 11 is 0. The molecule has 1 heterocycles. The van der Waals surface area contributed by atoms with Gasteiger partial charge in [0.1, 0.15) is 0 Å². The summed E-state index contributed by atoms with van der Waals surface area (Å²) in [5.74, 6) is 0.790. The Kier molecular flexibility index (Phi) is 5.50. The van der Waals surface area contributed by atoms with Gasteiger partial charge >= 0.3 is 0 Å². The van der Waals surface area contributed by atoms with Crippen LogP contribution in [0.4, 0.5) is 0 Å². The average molecular weight is 262 g/mol. The van der Waals surface area contributed by atoms with Crippen molar-refractivity contribution in [1.82, 2.24) is 9.88 Å². The summed E-state index contributed by atoms with van der Waals surface area (Å²) < 4.78 is 2.45. The van der Waals surface area contributed by atoms with Gasteiger partial charge in [-0.1, -0.05) is 33.6 Å². The molecule has 0 aliphatic heterocycles. The van der Waals surface area contributed by atoms with Crippen molar-refractivity contribution in [3.05, 3.63) is 23.5 Å². The fourth-order valence-electron chi connectivity index (χ4n) is 3.42. The maximum atomic E-state index is 3.66. The zero-order chi connectivity index (χ0) is 13.7. The Labute approximate surface area is 118 Å². The first kappa shape index (κ1) is 14.6. The van der Waals surface area contributed by atoms with Crippen LogP contribution >= 0.6 is 0 Å². The van der Waals surface area contributed by atoms with Crippen LogP contribution in [0.15, 0.2) is 12.4 Å². The van der Waals surface area contributed by atoms with Crippen LogP contribution < -0.4 is 5.32 Å². The van der Waals surface area contributed by atoms with Crippen LogP contribution in [0.25, 0.3) is 0 Å². The van der Waals surface area contributed by atoms with Gasteiger partial charge in [-0.3, -0.25) is 0 Å². The number of nitrogens with zero attached hydrogens (tertiary/aromatic N) is 1. The fraction of sp³-hybridized carbons (Fsp3) is 0.765. The van der Waals surface area contributed by atoms with Crippen molar-refractivity contribution in [2.24, 2.45) is 5.92 Å². The van der Waals surface area contributed by atoms with Crippen molar-refractivity contribution in [2.45, 2.75) is 71.9 Å². The minimum Gasteiger partial charge on any atom is -0.353 e. The van der Waals surface area contributed by atoms with E-state index in [0.29, 0.717) is 6.04 Å². The molecule has 0 spiro atoms. The Morgan fingerprint density at radius 3 is 2.89 bits per heavy atom. The molecule has 0 radical (unpaired) electrons. The molecule has 1 aromatic rings. The molecule has 2 rings (SSSR count). The number of hydrogen-bond donors (Lipinski definition) is 1. The summed E-state index contributed by atoms with van der Waals surface area (Å²) in [5.41, 5.74) is 3.16. The molecule has 0 aromatic carbocycles. The first-order chi connectivity index (χ1) is 9.24. The normalized spacial score (nSPS) is 20.9. The van der Waals surface area contributed by atoms with Gasteiger partial charge in [0.25, 0.3) is 0 Å². The maximum absolute atomic E-state index is 3.66. The van der Waals surface area contributed by atoms with Gasteiger partial charge in [-0.05, 0) is 49.3 Å². The third kappa shape index (κ3) is 3.85. The summed E-state index contributed by atoms with van der Waals surface area (Å²) in [6.45, 7) is 9.12. The van der Waals surface area contributed by atoms with Crippen molar-refractivity contribution in [3.8, 4) is 0 Å². The summed E-state index contributed by atoms with van der Waals surface area (Å²) in [7, 11) is 0. The van der Waals surface area contributed by atoms with E-state index in [1.165, 1.54) is 45.1 Å². The number of fused-ring (bicyclic) bond motifs is 1. The molecule has 2 unspecified atom stereocenters. The second-order valence-corrected chi connectivity index (χ2v) is 6.19. The van der Waals surface area contributed by atoms with Crippen LogP contribution in [0.1, 0.15) is 70.0 Å². The molecular weight excluding hydrogens is 232 g/mol. The van der Waals surface area contributed by atoms with Crippen molar-refractivity contribution < 1.29 is 0 Å². The molecule has 2 atom stereocenters. The monoisotopic (exact) mass is 262 g/mol. The van der Waals surface area contributed by atoms with E-state index in [4.69, 9.17) is 0 Å². The minimum absolute atomic E-state index is 0.588. The molecule has 1 aliphatic rings. The lowest BCUT2D eigenvalue weighted by Gasteiger charge is -2.16. The molecule has 1 N–H and O–H groups in total. The van der Waals surface area contributed by atoms with E-state index in [2.05, 4.69) is 43.0 Å². The van der Waals surface area contributed by atoms with E-state index in [1.54, 1.807) is 11.1 Å². The molecule has 2 heteroatoms. The minimum atomic E-state index is 0.588. The highest BCUT2D eigenvalue weighted by Gasteiger charge is 2.20. The molecule has 1 aliphatic carbocycles. The number of nitrogens with one attached hydrogen (secondary N) is 1. The molecule has 0 fully saturated rings. The smallest absolute Gasteiger partial charge is 0.0337 e. The molecule has 108 valence electrons. The second-order valence-electron chi connectivity index (χ2n) is 6.19. The van der Waals surface area contributed by atoms with Crippen molar-refractivity contribution >= 4 is 0 Å². The molecule has 1 aromatic heterocycles. The maximum Gasteiger partial charge on any atom is 0.0337 e. The highest BCUT2D eigenvalue weighted by Crippen LogP contribution is 2.29. The van der Waals surface area contributed by atoms with Gasteiger partial charge in [0.2, 0.25) is 0 Å². The topological polar surface area (TPSA) is 17.0 Å². The summed E-state index contributed by atoms with van der Waals surface area (Å²) in [5, 5.41) is 3.66. The summed E-state index contributed by atoms with van der Waals surface area (Å²) in [6.07, 6.45) is 12.7. The Balaban J connectivity index is 2.10. The van der Waals surface area contributed by atoms with Crippen LogP contribution in [0.5, 0.6) is 0 Å². The Morgan fingerprint density at radius 2 is 2.16 bits per heavy atom. The first-order valence-electron chi connectivity index (χ1n) is 8.16. The van der Waals surface area contributed by atoms with Crippen LogP contribution in [0.3, 0.4) is 0 Å². The van der Waals surface area contributed by atoms with E-state index in [0.717, 1.165) is 12.5 Å². The van der Waals surface area contributed by atoms with E-state index in [9.17, 15) is 0 Å². The van der Waals surface area contributed by atoms with Gasteiger partial charge in [0, 0.05) is 25.0 Å². The highest BCUT2D eigenvalue weighted by atomic mass is 15.0. The summed E-state index contributed by atoms with van der Waals surface area (Å²) in [6, 6.07) is 0.588. The van der Waals surface area contributed by atoms with Gasteiger partial charge in [-0.25, -0.2) is 0 Å². The third-order valence-corrected chi connectivity index (χ3v) is 4.32. The molecule has 19 heavy (non-hydrogen) atoms. The van der Waals surface area contributed by atoms with E-state index in [-0.39, 0.29) is 0 Å². The number of hydrogen-bond acceptors (Lipinski definition) is 1. The van der Waals surface area contributed by atoms with E-state index < -0.39 is 0 Å². The zero-order valence-corrected chi connectivity index (χ0v) is 12.9. The summed E-state index contributed by atoms with van der Waals surface area (Å²) in [4.78, 5) is 0. The standard InChI is InChI=1S/C17H30N2/c1-4-8-14(3)11-19-12-15-9-6-7-10-17(18-5-2)16(15)13-19/h12-14,17-18H,4-11H2,1-3H3. The lowest BCUT2D eigenvalue weighted by atomic mass is 10.0. The number of rotatable bonds is 6. The second kappa shape index (κ2) is 7.14. The molecule has 0 saturated heterocycles. The Bertz CT molecular complexity index is 381. The predicted octanol–water partition coefficient (Wildman–Crippen LogP) is 4.30. The third-order valence-electron chi connectivity index (χ3n) is 4.32. The van der Waals surface area contributed by atoms with E-state index in [1.807, 2.05) is 0 Å². The number of aromatic nitrogens is 1. The van der Waals surface area contributed by atoms with Crippen molar-refractivity contribution in [2.75, 3.05) is 6.54 Å². The molecule has 0 saturated carbocycles. The lowest BCUT2D eigenvalue weighted by molar-refractivity contribution is 0.443. The molecule has 2 nitrogen and oxygen atoms in total. The van der Waals surface area contributed by atoms with Crippen LogP contribution in [-0.2, 0) is 13.0 Å². The Morgan fingerprint density at radius 1 is 1.32 bits per heavy atom. The van der Waals surface area contributed by atoms with Crippen LogP contribution in [0, 0.1) is 5.92 Å². The van der Waals surface area contributed by atoms with E-state index >= 15 is 0 Å². The van der Waals surface area contributed by atoms with Gasteiger partial charge in [0.05, 0.1) is 0 Å². The van der Waals surface area contributed by atoms with Crippen LogP contribution in [-0.4, -0.2) is 11.1 Å². The van der Waals surface area contributed by atoms with Crippen molar-refractivity contribution in [3.63, 3.8) is 0 Å². The average Bonchev–Trinajstić information content (AvgIpc) is 2.67. The van der Waals surface area contributed by atoms with Gasteiger partial charge < -0.3 is 9.88 Å². The van der Waals surface area contributed by atoms with Gasteiger partial charge in [0.15, 0.2) is 0 Å². The van der Waals surface area contributed by atoms with Crippen LogP contribution in [0.2, 0.25) is 0 Å². The van der Waals surface area contributed by atoms with Gasteiger partial charge in [-0.15, -0.1) is 0 Å². The molecule has 0 bridgehead atoms. The van der Waals surface area contributed by atoms with Crippen molar-refractivity contribution in [1.29, 1.82) is 0 Å². The molecular formula is C17H30N2. The number of aryl methyl sites for hydroxylation is 1. The lowest BCUT2D eigenvalue weighted by Crippen LogP contribution is -2.20.